The molecule has 4 aromatic rings. The third-order valence-corrected chi connectivity index (χ3v) is 8.89. The molecule has 9 heteroatoms. The summed E-state index contributed by atoms with van der Waals surface area (Å²) in [6.45, 7) is 0.834. The summed E-state index contributed by atoms with van der Waals surface area (Å²) in [6, 6.07) is 28.9. The lowest BCUT2D eigenvalue weighted by molar-refractivity contribution is -0.144. The fraction of sp³-hybridized carbons (Fsp3) is 0.351. The largest absolute Gasteiger partial charge is 0.496 e. The molecule has 2 atom stereocenters. The van der Waals surface area contributed by atoms with E-state index in [1.165, 1.54) is 12.1 Å². The fourth-order valence-corrected chi connectivity index (χ4v) is 6.56. The predicted molar refractivity (Wildman–Crippen MR) is 170 cm³/mol. The predicted octanol–water partition coefficient (Wildman–Crippen LogP) is 7.58. The Bertz CT molecular complexity index is 1690. The van der Waals surface area contributed by atoms with E-state index in [2.05, 4.69) is 6.07 Å². The average Bonchev–Trinajstić information content (AvgIpc) is 3.09. The van der Waals surface area contributed by atoms with Gasteiger partial charge in [-0.15, -0.1) is 0 Å². The molecular weight excluding hydrogens is 593 g/mol. The van der Waals surface area contributed by atoms with E-state index >= 15 is 0 Å². The Balaban J connectivity index is 1.57. The van der Waals surface area contributed by atoms with Crippen molar-refractivity contribution in [3.63, 3.8) is 0 Å². The number of carbonyl (C=O) groups is 1. The zero-order valence-corrected chi connectivity index (χ0v) is 25.9. The van der Waals surface area contributed by atoms with Gasteiger partial charge in [-0.1, -0.05) is 78.9 Å². The molecule has 0 radical (unpaired) electrons. The fourth-order valence-electron chi connectivity index (χ4n) is 6.56. The van der Waals surface area contributed by atoms with E-state index in [-0.39, 0.29) is 38.8 Å². The first-order valence-electron chi connectivity index (χ1n) is 15.3. The van der Waals surface area contributed by atoms with E-state index < -0.39 is 29.0 Å². The van der Waals surface area contributed by atoms with Crippen LogP contribution in [0.15, 0.2) is 91.0 Å². The van der Waals surface area contributed by atoms with E-state index in [1.54, 1.807) is 25.2 Å². The number of methoxy groups -OCH3 is 2. The number of benzene rings is 4. The van der Waals surface area contributed by atoms with E-state index in [0.717, 1.165) is 22.4 Å². The molecule has 6 nitrogen and oxygen atoms in total. The summed E-state index contributed by atoms with van der Waals surface area (Å²) in [6.07, 6.45) is -3.50. The molecular formula is C37H37F3N2O4. The van der Waals surface area contributed by atoms with Gasteiger partial charge in [0.25, 0.3) is 0 Å². The smallest absolute Gasteiger partial charge is 0.416 e. The Hall–Kier alpha value is -4.39. The maximum absolute atomic E-state index is 14.9. The van der Waals surface area contributed by atoms with Crippen molar-refractivity contribution in [3.8, 4) is 11.8 Å². The van der Waals surface area contributed by atoms with Gasteiger partial charge < -0.3 is 19.1 Å². The minimum absolute atomic E-state index is 0.149. The lowest BCUT2D eigenvalue weighted by Crippen LogP contribution is -2.51. The Morgan fingerprint density at radius 2 is 1.59 bits per heavy atom. The molecule has 4 aromatic carbocycles. The van der Waals surface area contributed by atoms with Gasteiger partial charge in [0.15, 0.2) is 5.41 Å². The molecule has 1 fully saturated rings. The number of piperidine rings is 1. The molecule has 0 N–H and O–H groups in total. The second-order valence-corrected chi connectivity index (χ2v) is 11.6. The summed E-state index contributed by atoms with van der Waals surface area (Å²) in [4.78, 5) is 16.5. The molecule has 1 saturated heterocycles. The number of carbonyl (C=O) groups excluding carboxylic acids is 1. The van der Waals surface area contributed by atoms with Crippen molar-refractivity contribution in [2.24, 2.45) is 5.41 Å². The first kappa shape index (κ1) is 33.0. The van der Waals surface area contributed by atoms with E-state index in [4.69, 9.17) is 14.2 Å². The first-order valence-corrected chi connectivity index (χ1v) is 15.3. The highest BCUT2D eigenvalue weighted by atomic mass is 19.4. The number of likely N-dealkylation sites (tertiary alicyclic amines) is 1. The first-order chi connectivity index (χ1) is 22.2. The van der Waals surface area contributed by atoms with E-state index in [1.807, 2.05) is 66.7 Å². The standard InChI is InChI=1S/C37H37F3N2O4/c1-44-21-22-46-25-36(24-41,35(43)42-19-17-26(18-20-42)28-11-7-12-29(23-28)37(38,39)40)34(32-14-5-6-16-33(32)45-2)31-15-8-10-27-9-3-4-13-30(27)31/h3-16,23,26,34H,17-22,25H2,1-2H3. The molecule has 5 rings (SSSR count). The quantitative estimate of drug-likeness (QED) is 0.160. The van der Waals surface area contributed by atoms with Gasteiger partial charge in [-0.05, 0) is 52.8 Å². The molecule has 1 aliphatic rings. The lowest BCUT2D eigenvalue weighted by Gasteiger charge is -2.41. The number of rotatable bonds is 11. The maximum Gasteiger partial charge on any atom is 0.416 e. The maximum atomic E-state index is 14.9. The second kappa shape index (κ2) is 14.4. The van der Waals surface area contributed by atoms with E-state index in [9.17, 15) is 23.2 Å². The second-order valence-electron chi connectivity index (χ2n) is 11.6. The molecule has 0 bridgehead atoms. The van der Waals surface area contributed by atoms with Crippen molar-refractivity contribution >= 4 is 16.7 Å². The third-order valence-electron chi connectivity index (χ3n) is 8.89. The molecule has 2 unspecified atom stereocenters. The zero-order valence-electron chi connectivity index (χ0n) is 25.9. The van der Waals surface area contributed by atoms with Crippen LogP contribution in [0.3, 0.4) is 0 Å². The third kappa shape index (κ3) is 6.74. The summed E-state index contributed by atoms with van der Waals surface area (Å²) in [5, 5.41) is 13.0. The summed E-state index contributed by atoms with van der Waals surface area (Å²) in [5.74, 6) is -0.786. The van der Waals surface area contributed by atoms with Crippen LogP contribution in [0.1, 0.15) is 46.9 Å². The molecule has 0 aliphatic carbocycles. The SMILES string of the molecule is COCCOCC(C#N)(C(=O)N1CCC(c2cccc(C(F)(F)F)c2)CC1)C(c1ccccc1OC)c1cccc2ccccc12. The number of nitriles is 1. The molecule has 0 saturated carbocycles. The van der Waals surface area contributed by atoms with Gasteiger partial charge in [0.05, 0.1) is 38.6 Å². The van der Waals surface area contributed by atoms with Crippen LogP contribution in [0.4, 0.5) is 13.2 Å². The molecule has 1 amide bonds. The Kier molecular flexibility index (Phi) is 10.3. The summed E-state index contributed by atoms with van der Waals surface area (Å²) >= 11 is 0. The number of ether oxygens (including phenoxy) is 3. The molecule has 0 aromatic heterocycles. The minimum Gasteiger partial charge on any atom is -0.496 e. The van der Waals surface area contributed by atoms with Gasteiger partial charge in [0.1, 0.15) is 5.75 Å². The topological polar surface area (TPSA) is 71.8 Å². The number of hydrogen-bond acceptors (Lipinski definition) is 5. The van der Waals surface area contributed by atoms with Crippen molar-refractivity contribution in [2.45, 2.75) is 30.9 Å². The van der Waals surface area contributed by atoms with Gasteiger partial charge in [0.2, 0.25) is 5.91 Å². The monoisotopic (exact) mass is 630 g/mol. The van der Waals surface area contributed by atoms with Gasteiger partial charge in [-0.25, -0.2) is 0 Å². The van der Waals surface area contributed by atoms with Crippen LogP contribution in [0.2, 0.25) is 0 Å². The molecule has 0 spiro atoms. The number of alkyl halides is 3. The summed E-state index contributed by atoms with van der Waals surface area (Å²) in [5.41, 5.74) is -0.346. The van der Waals surface area contributed by atoms with Crippen LogP contribution in [0.25, 0.3) is 10.8 Å². The number of fused-ring (bicyclic) bond motifs is 1. The number of halogens is 3. The lowest BCUT2D eigenvalue weighted by atomic mass is 9.67. The molecule has 1 aliphatic heterocycles. The number of para-hydroxylation sites is 1. The number of hydrogen-bond donors (Lipinski definition) is 0. The van der Waals surface area contributed by atoms with Crippen LogP contribution in [-0.2, 0) is 20.4 Å². The summed E-state index contributed by atoms with van der Waals surface area (Å²) < 4.78 is 57.3. The van der Waals surface area contributed by atoms with Crippen LogP contribution in [0.5, 0.6) is 5.75 Å². The highest BCUT2D eigenvalue weighted by molar-refractivity contribution is 5.92. The number of amides is 1. The van der Waals surface area contributed by atoms with Crippen LogP contribution < -0.4 is 4.74 Å². The van der Waals surface area contributed by atoms with Crippen molar-refractivity contribution in [1.29, 1.82) is 5.26 Å². The van der Waals surface area contributed by atoms with E-state index in [0.29, 0.717) is 29.7 Å². The zero-order chi connectivity index (χ0) is 32.7. The molecule has 1 heterocycles. The van der Waals surface area contributed by atoms with Crippen molar-refractivity contribution in [2.75, 3.05) is 47.1 Å². The molecule has 240 valence electrons. The van der Waals surface area contributed by atoms with Crippen LogP contribution in [0, 0.1) is 16.7 Å². The van der Waals surface area contributed by atoms with Gasteiger partial charge in [-0.3, -0.25) is 4.79 Å². The Labute approximate surface area is 267 Å². The van der Waals surface area contributed by atoms with Gasteiger partial charge >= 0.3 is 6.18 Å². The van der Waals surface area contributed by atoms with Crippen molar-refractivity contribution in [1.82, 2.24) is 4.90 Å². The highest BCUT2D eigenvalue weighted by Crippen LogP contribution is 2.48. The molecule has 46 heavy (non-hydrogen) atoms. The minimum atomic E-state index is -4.43. The van der Waals surface area contributed by atoms with Crippen LogP contribution in [-0.4, -0.2) is 57.9 Å². The highest BCUT2D eigenvalue weighted by Gasteiger charge is 2.52. The normalized spacial score (nSPS) is 16.0. The van der Waals surface area contributed by atoms with Gasteiger partial charge in [-0.2, -0.15) is 18.4 Å². The van der Waals surface area contributed by atoms with Crippen molar-refractivity contribution < 1.29 is 32.2 Å². The van der Waals surface area contributed by atoms with Crippen molar-refractivity contribution in [3.05, 3.63) is 113 Å². The Morgan fingerprint density at radius 1 is 0.913 bits per heavy atom. The van der Waals surface area contributed by atoms with Crippen LogP contribution >= 0.6 is 0 Å². The Morgan fingerprint density at radius 3 is 2.30 bits per heavy atom. The summed E-state index contributed by atoms with van der Waals surface area (Å²) in [7, 11) is 3.11. The number of nitrogens with zero attached hydrogens (tertiary/aromatic N) is 2. The van der Waals surface area contributed by atoms with Gasteiger partial charge in [0, 0.05) is 31.7 Å². The average molecular weight is 631 g/mol.